The van der Waals surface area contributed by atoms with E-state index in [4.69, 9.17) is 10.3 Å². The number of hydrogen-bond acceptors (Lipinski definition) is 5. The van der Waals surface area contributed by atoms with Crippen molar-refractivity contribution < 1.29 is 14.1 Å². The lowest BCUT2D eigenvalue weighted by molar-refractivity contribution is -0.116. The summed E-state index contributed by atoms with van der Waals surface area (Å²) in [6, 6.07) is 8.52. The zero-order valence-corrected chi connectivity index (χ0v) is 13.8. The highest BCUT2D eigenvalue weighted by Gasteiger charge is 2.28. The number of halogens is 1. The maximum atomic E-state index is 12.1. The average molecular weight is 351 g/mol. The van der Waals surface area contributed by atoms with Gasteiger partial charge in [-0.05, 0) is 37.1 Å². The Bertz CT molecular complexity index is 710. The minimum Gasteiger partial charge on any atom is -0.360 e. The monoisotopic (exact) mass is 350 g/mol. The highest BCUT2D eigenvalue weighted by atomic mass is 35.5. The first kappa shape index (κ1) is 18.0. The van der Waals surface area contributed by atoms with E-state index < -0.39 is 0 Å². The van der Waals surface area contributed by atoms with Crippen molar-refractivity contribution in [3.05, 3.63) is 41.8 Å². The van der Waals surface area contributed by atoms with Gasteiger partial charge in [0.15, 0.2) is 5.69 Å². The molecule has 7 nitrogen and oxygen atoms in total. The number of benzene rings is 1. The molecule has 2 amide bonds. The van der Waals surface area contributed by atoms with Crippen molar-refractivity contribution in [3.8, 4) is 0 Å². The minimum atomic E-state index is -0.319. The summed E-state index contributed by atoms with van der Waals surface area (Å²) in [4.78, 5) is 23.5. The van der Waals surface area contributed by atoms with Crippen molar-refractivity contribution in [2.45, 2.75) is 25.2 Å². The lowest BCUT2D eigenvalue weighted by Crippen LogP contribution is -2.16. The van der Waals surface area contributed by atoms with Crippen LogP contribution in [0.2, 0.25) is 0 Å². The molecule has 1 fully saturated rings. The molecule has 0 aliphatic heterocycles. The molecule has 0 spiro atoms. The van der Waals surface area contributed by atoms with Crippen LogP contribution in [0.5, 0.6) is 0 Å². The summed E-state index contributed by atoms with van der Waals surface area (Å²) in [5, 5.41) is 9.26. The van der Waals surface area contributed by atoms with E-state index in [1.54, 1.807) is 30.3 Å². The van der Waals surface area contributed by atoms with Gasteiger partial charge < -0.3 is 20.9 Å². The number of nitrogens with zero attached hydrogens (tertiary/aromatic N) is 1. The number of amides is 2. The third kappa shape index (κ3) is 4.56. The lowest BCUT2D eigenvalue weighted by atomic mass is 10.2. The Morgan fingerprint density at radius 3 is 2.38 bits per heavy atom. The zero-order valence-electron chi connectivity index (χ0n) is 13.0. The van der Waals surface area contributed by atoms with Crippen LogP contribution in [0.1, 0.15) is 41.4 Å². The number of anilines is 2. The SMILES string of the molecule is Cl.NCCC(=O)Nc1ccc(NC(=O)c2cc(C3CC3)on2)cc1. The van der Waals surface area contributed by atoms with Gasteiger partial charge in [0.25, 0.3) is 5.91 Å². The number of aromatic nitrogens is 1. The van der Waals surface area contributed by atoms with Crippen molar-refractivity contribution in [3.63, 3.8) is 0 Å². The Morgan fingerprint density at radius 1 is 1.17 bits per heavy atom. The topological polar surface area (TPSA) is 110 Å². The molecule has 1 aliphatic rings. The fraction of sp³-hybridized carbons (Fsp3) is 0.312. The van der Waals surface area contributed by atoms with Crippen LogP contribution in [0.15, 0.2) is 34.9 Å². The van der Waals surface area contributed by atoms with Crippen LogP contribution >= 0.6 is 12.4 Å². The molecule has 0 radical (unpaired) electrons. The summed E-state index contributed by atoms with van der Waals surface area (Å²) >= 11 is 0. The van der Waals surface area contributed by atoms with Crippen molar-refractivity contribution in [1.82, 2.24) is 5.16 Å². The maximum Gasteiger partial charge on any atom is 0.277 e. The van der Waals surface area contributed by atoms with E-state index >= 15 is 0 Å². The van der Waals surface area contributed by atoms with E-state index in [0.717, 1.165) is 18.6 Å². The molecule has 0 bridgehead atoms. The van der Waals surface area contributed by atoms with E-state index in [1.165, 1.54) is 0 Å². The predicted molar refractivity (Wildman–Crippen MR) is 92.4 cm³/mol. The third-order valence-corrected chi connectivity index (χ3v) is 3.54. The molecule has 1 aromatic heterocycles. The average Bonchev–Trinajstić information content (AvgIpc) is 3.26. The molecule has 1 saturated carbocycles. The standard InChI is InChI=1S/C16H18N4O3.ClH/c17-8-7-15(21)18-11-3-5-12(6-4-11)19-16(22)13-9-14(23-20-13)10-1-2-10;/h3-6,9-10H,1-2,7-8,17H2,(H,18,21)(H,19,22);1H. The van der Waals surface area contributed by atoms with Gasteiger partial charge in [0.05, 0.1) is 0 Å². The van der Waals surface area contributed by atoms with Gasteiger partial charge >= 0.3 is 0 Å². The van der Waals surface area contributed by atoms with Gasteiger partial charge in [0.2, 0.25) is 5.91 Å². The number of carbonyl (C=O) groups is 2. The molecule has 1 heterocycles. The van der Waals surface area contributed by atoms with Crippen molar-refractivity contribution >= 4 is 35.6 Å². The fourth-order valence-electron chi connectivity index (χ4n) is 2.14. The van der Waals surface area contributed by atoms with Gasteiger partial charge in [-0.3, -0.25) is 9.59 Å². The number of nitrogens with two attached hydrogens (primary N) is 1. The second-order valence-electron chi connectivity index (χ2n) is 5.51. The molecule has 0 saturated heterocycles. The molecular weight excluding hydrogens is 332 g/mol. The van der Waals surface area contributed by atoms with Gasteiger partial charge in [0, 0.05) is 36.3 Å². The first-order valence-corrected chi connectivity index (χ1v) is 7.53. The highest BCUT2D eigenvalue weighted by molar-refractivity contribution is 6.03. The summed E-state index contributed by atoms with van der Waals surface area (Å²) in [6.07, 6.45) is 2.45. The molecule has 1 aromatic carbocycles. The first-order valence-electron chi connectivity index (χ1n) is 7.53. The molecule has 4 N–H and O–H groups in total. The first-order chi connectivity index (χ1) is 11.2. The molecule has 8 heteroatoms. The molecule has 24 heavy (non-hydrogen) atoms. The minimum absolute atomic E-state index is 0. The Morgan fingerprint density at radius 2 is 1.79 bits per heavy atom. The Hall–Kier alpha value is -2.38. The molecule has 2 aromatic rings. The van der Waals surface area contributed by atoms with Crippen molar-refractivity contribution in [1.29, 1.82) is 0 Å². The molecule has 0 atom stereocenters. The van der Waals surface area contributed by atoms with Gasteiger partial charge in [-0.1, -0.05) is 5.16 Å². The fourth-order valence-corrected chi connectivity index (χ4v) is 2.14. The highest BCUT2D eigenvalue weighted by Crippen LogP contribution is 2.40. The largest absolute Gasteiger partial charge is 0.360 e. The van der Waals surface area contributed by atoms with E-state index in [-0.39, 0.29) is 36.3 Å². The normalized spacial score (nSPS) is 13.0. The molecule has 0 unspecified atom stereocenters. The predicted octanol–water partition coefficient (Wildman–Crippen LogP) is 2.51. The van der Waals surface area contributed by atoms with Crippen molar-refractivity contribution in [2.24, 2.45) is 5.73 Å². The van der Waals surface area contributed by atoms with Crippen molar-refractivity contribution in [2.75, 3.05) is 17.2 Å². The Labute approximate surface area is 145 Å². The number of carbonyl (C=O) groups excluding carboxylic acids is 2. The van der Waals surface area contributed by atoms with E-state index in [9.17, 15) is 9.59 Å². The molecule has 128 valence electrons. The van der Waals surface area contributed by atoms with Crippen LogP contribution in [0.25, 0.3) is 0 Å². The van der Waals surface area contributed by atoms with E-state index in [0.29, 0.717) is 23.8 Å². The number of nitrogens with one attached hydrogen (secondary N) is 2. The zero-order chi connectivity index (χ0) is 16.2. The van der Waals surface area contributed by atoms with Gasteiger partial charge in [-0.15, -0.1) is 12.4 Å². The van der Waals surface area contributed by atoms with E-state index in [1.807, 2.05) is 0 Å². The maximum absolute atomic E-state index is 12.1. The third-order valence-electron chi connectivity index (χ3n) is 3.54. The Balaban J connectivity index is 0.00000208. The summed E-state index contributed by atoms with van der Waals surface area (Å²) in [7, 11) is 0. The number of hydrogen-bond donors (Lipinski definition) is 3. The summed E-state index contributed by atoms with van der Waals surface area (Å²) in [5.41, 5.74) is 6.86. The molecule has 1 aliphatic carbocycles. The second kappa shape index (κ2) is 7.94. The van der Waals surface area contributed by atoms with Crippen LogP contribution in [0.4, 0.5) is 11.4 Å². The smallest absolute Gasteiger partial charge is 0.277 e. The van der Waals surface area contributed by atoms with Crippen LogP contribution in [-0.4, -0.2) is 23.5 Å². The number of rotatable bonds is 6. The summed E-state index contributed by atoms with van der Waals surface area (Å²) < 4.78 is 5.16. The Kier molecular flexibility index (Phi) is 5.94. The van der Waals surface area contributed by atoms with Crippen LogP contribution < -0.4 is 16.4 Å². The van der Waals surface area contributed by atoms with Crippen LogP contribution in [0, 0.1) is 0 Å². The van der Waals surface area contributed by atoms with Crippen LogP contribution in [0.3, 0.4) is 0 Å². The molecule has 3 rings (SSSR count). The van der Waals surface area contributed by atoms with Crippen LogP contribution in [-0.2, 0) is 4.79 Å². The van der Waals surface area contributed by atoms with Gasteiger partial charge in [0.1, 0.15) is 5.76 Å². The quantitative estimate of drug-likeness (QED) is 0.741. The van der Waals surface area contributed by atoms with Gasteiger partial charge in [-0.25, -0.2) is 0 Å². The van der Waals surface area contributed by atoms with E-state index in [2.05, 4.69) is 15.8 Å². The summed E-state index contributed by atoms with van der Waals surface area (Å²) in [6.45, 7) is 0.306. The lowest BCUT2D eigenvalue weighted by Gasteiger charge is -2.06. The second-order valence-corrected chi connectivity index (χ2v) is 5.51. The van der Waals surface area contributed by atoms with Gasteiger partial charge in [-0.2, -0.15) is 0 Å². The summed E-state index contributed by atoms with van der Waals surface area (Å²) in [5.74, 6) is 0.730. The molecular formula is C16H19ClN4O3.